The predicted octanol–water partition coefficient (Wildman–Crippen LogP) is 3.46. The van der Waals surface area contributed by atoms with Gasteiger partial charge in [0, 0.05) is 24.1 Å². The lowest BCUT2D eigenvalue weighted by molar-refractivity contribution is 0.292. The molecule has 0 spiro atoms. The van der Waals surface area contributed by atoms with E-state index in [-0.39, 0.29) is 6.61 Å². The SMILES string of the molecule is Cc1ccc(-c2csc3ncnc(NCCCO)c23)cc1. The third kappa shape index (κ3) is 2.89. The number of aliphatic hydroxyl groups excluding tert-OH is 1. The van der Waals surface area contributed by atoms with Crippen LogP contribution in [0, 0.1) is 6.92 Å². The summed E-state index contributed by atoms with van der Waals surface area (Å²) in [6.45, 7) is 2.96. The number of rotatable bonds is 5. The summed E-state index contributed by atoms with van der Waals surface area (Å²) >= 11 is 1.63. The van der Waals surface area contributed by atoms with E-state index < -0.39 is 0 Å². The van der Waals surface area contributed by atoms with E-state index in [1.54, 1.807) is 17.7 Å². The third-order valence-electron chi connectivity index (χ3n) is 3.36. The number of aromatic nitrogens is 2. The number of fused-ring (bicyclic) bond motifs is 1. The molecule has 0 atom stereocenters. The van der Waals surface area contributed by atoms with E-state index in [1.807, 2.05) is 0 Å². The molecule has 1 aromatic carbocycles. The van der Waals surface area contributed by atoms with Crippen LogP contribution >= 0.6 is 11.3 Å². The molecule has 0 aliphatic rings. The van der Waals surface area contributed by atoms with Crippen LogP contribution in [0.3, 0.4) is 0 Å². The first-order valence-corrected chi connectivity index (χ1v) is 7.81. The molecule has 5 heteroatoms. The zero-order valence-corrected chi connectivity index (χ0v) is 12.7. The molecule has 108 valence electrons. The quantitative estimate of drug-likeness (QED) is 0.708. The first-order valence-electron chi connectivity index (χ1n) is 6.93. The Morgan fingerprint density at radius 2 is 2.00 bits per heavy atom. The lowest BCUT2D eigenvalue weighted by Gasteiger charge is -2.07. The Balaban J connectivity index is 2.04. The minimum Gasteiger partial charge on any atom is -0.396 e. The van der Waals surface area contributed by atoms with Gasteiger partial charge in [0.2, 0.25) is 0 Å². The van der Waals surface area contributed by atoms with Crippen molar-refractivity contribution in [3.8, 4) is 11.1 Å². The number of hydrogen-bond donors (Lipinski definition) is 2. The average Bonchev–Trinajstić information content (AvgIpc) is 2.93. The molecule has 0 unspecified atom stereocenters. The zero-order valence-electron chi connectivity index (χ0n) is 11.8. The smallest absolute Gasteiger partial charge is 0.138 e. The number of aryl methyl sites for hydroxylation is 1. The van der Waals surface area contributed by atoms with Gasteiger partial charge in [-0.05, 0) is 18.9 Å². The highest BCUT2D eigenvalue weighted by Gasteiger charge is 2.12. The standard InChI is InChI=1S/C16H17N3OS/c1-11-3-5-12(6-4-11)13-9-21-16-14(13)15(18-10-19-16)17-7-2-8-20/h3-6,9-10,20H,2,7-8H2,1H3,(H,17,18,19). The molecular weight excluding hydrogens is 282 g/mol. The molecule has 4 nitrogen and oxygen atoms in total. The minimum absolute atomic E-state index is 0.176. The van der Waals surface area contributed by atoms with E-state index in [1.165, 1.54) is 11.1 Å². The van der Waals surface area contributed by atoms with Crippen LogP contribution in [0.1, 0.15) is 12.0 Å². The van der Waals surface area contributed by atoms with E-state index in [2.05, 4.69) is 51.9 Å². The first-order chi connectivity index (χ1) is 10.3. The summed E-state index contributed by atoms with van der Waals surface area (Å²) in [7, 11) is 0. The monoisotopic (exact) mass is 299 g/mol. The Morgan fingerprint density at radius 1 is 1.19 bits per heavy atom. The molecular formula is C16H17N3OS. The summed E-state index contributed by atoms with van der Waals surface area (Å²) in [4.78, 5) is 9.69. The summed E-state index contributed by atoms with van der Waals surface area (Å²) in [6.07, 6.45) is 2.29. The van der Waals surface area contributed by atoms with Crippen molar-refractivity contribution in [1.29, 1.82) is 0 Å². The number of nitrogens with zero attached hydrogens (tertiary/aromatic N) is 2. The number of thiophene rings is 1. The molecule has 0 fully saturated rings. The summed E-state index contributed by atoms with van der Waals surface area (Å²) in [5.41, 5.74) is 3.57. The van der Waals surface area contributed by atoms with Crippen molar-refractivity contribution in [3.05, 3.63) is 41.5 Å². The molecule has 0 radical (unpaired) electrons. The molecule has 3 rings (SSSR count). The Kier molecular flexibility index (Phi) is 4.13. The van der Waals surface area contributed by atoms with Gasteiger partial charge in [-0.25, -0.2) is 9.97 Å². The number of anilines is 1. The van der Waals surface area contributed by atoms with Gasteiger partial charge in [0.1, 0.15) is 17.0 Å². The maximum atomic E-state index is 8.91. The molecule has 2 N–H and O–H groups in total. The number of nitrogens with one attached hydrogen (secondary N) is 1. The van der Waals surface area contributed by atoms with Crippen LogP contribution in [-0.4, -0.2) is 28.2 Å². The van der Waals surface area contributed by atoms with Crippen LogP contribution in [-0.2, 0) is 0 Å². The van der Waals surface area contributed by atoms with Crippen LogP contribution in [0.15, 0.2) is 36.0 Å². The topological polar surface area (TPSA) is 58.0 Å². The highest BCUT2D eigenvalue weighted by Crippen LogP contribution is 2.36. The van der Waals surface area contributed by atoms with Gasteiger partial charge in [-0.1, -0.05) is 29.8 Å². The van der Waals surface area contributed by atoms with Crippen molar-refractivity contribution >= 4 is 27.4 Å². The minimum atomic E-state index is 0.176. The molecule has 0 aliphatic carbocycles. The van der Waals surface area contributed by atoms with Crippen molar-refractivity contribution in [1.82, 2.24) is 9.97 Å². The van der Waals surface area contributed by atoms with Gasteiger partial charge >= 0.3 is 0 Å². The van der Waals surface area contributed by atoms with Crippen LogP contribution in [0.25, 0.3) is 21.3 Å². The van der Waals surface area contributed by atoms with E-state index >= 15 is 0 Å². The molecule has 2 heterocycles. The van der Waals surface area contributed by atoms with E-state index in [4.69, 9.17) is 5.11 Å². The molecule has 2 aromatic heterocycles. The van der Waals surface area contributed by atoms with Gasteiger partial charge in [0.25, 0.3) is 0 Å². The molecule has 0 saturated carbocycles. The van der Waals surface area contributed by atoms with Crippen molar-refractivity contribution in [2.75, 3.05) is 18.5 Å². The molecule has 0 saturated heterocycles. The normalized spacial score (nSPS) is 11.0. The second-order valence-electron chi connectivity index (χ2n) is 4.92. The van der Waals surface area contributed by atoms with Crippen molar-refractivity contribution in [2.45, 2.75) is 13.3 Å². The van der Waals surface area contributed by atoms with Gasteiger partial charge in [-0.3, -0.25) is 0 Å². The largest absolute Gasteiger partial charge is 0.396 e. The molecule has 0 bridgehead atoms. The van der Waals surface area contributed by atoms with E-state index in [0.29, 0.717) is 13.0 Å². The van der Waals surface area contributed by atoms with Gasteiger partial charge in [-0.2, -0.15) is 0 Å². The second kappa shape index (κ2) is 6.20. The Labute approximate surface area is 127 Å². The summed E-state index contributed by atoms with van der Waals surface area (Å²) in [6, 6.07) is 8.48. The molecule has 0 amide bonds. The lowest BCUT2D eigenvalue weighted by atomic mass is 10.0. The first kappa shape index (κ1) is 14.0. The number of aliphatic hydroxyl groups is 1. The lowest BCUT2D eigenvalue weighted by Crippen LogP contribution is -2.05. The maximum absolute atomic E-state index is 8.91. The van der Waals surface area contributed by atoms with Crippen LogP contribution in [0.2, 0.25) is 0 Å². The van der Waals surface area contributed by atoms with Crippen molar-refractivity contribution < 1.29 is 5.11 Å². The van der Waals surface area contributed by atoms with Crippen molar-refractivity contribution in [3.63, 3.8) is 0 Å². The highest BCUT2D eigenvalue weighted by atomic mass is 32.1. The van der Waals surface area contributed by atoms with Gasteiger partial charge in [0.05, 0.1) is 5.39 Å². The zero-order chi connectivity index (χ0) is 14.7. The second-order valence-corrected chi connectivity index (χ2v) is 5.78. The fourth-order valence-electron chi connectivity index (χ4n) is 2.24. The van der Waals surface area contributed by atoms with Crippen LogP contribution in [0.5, 0.6) is 0 Å². The summed E-state index contributed by atoms with van der Waals surface area (Å²) < 4.78 is 0. The van der Waals surface area contributed by atoms with E-state index in [0.717, 1.165) is 21.6 Å². The molecule has 0 aliphatic heterocycles. The Bertz CT molecular complexity index is 737. The van der Waals surface area contributed by atoms with Crippen LogP contribution in [0.4, 0.5) is 5.82 Å². The fourth-order valence-corrected chi connectivity index (χ4v) is 3.16. The predicted molar refractivity (Wildman–Crippen MR) is 87.8 cm³/mol. The van der Waals surface area contributed by atoms with Gasteiger partial charge in [0.15, 0.2) is 0 Å². The van der Waals surface area contributed by atoms with Crippen molar-refractivity contribution in [2.24, 2.45) is 0 Å². The highest BCUT2D eigenvalue weighted by molar-refractivity contribution is 7.17. The fraction of sp³-hybridized carbons (Fsp3) is 0.250. The molecule has 21 heavy (non-hydrogen) atoms. The van der Waals surface area contributed by atoms with Crippen LogP contribution < -0.4 is 5.32 Å². The third-order valence-corrected chi connectivity index (χ3v) is 4.25. The summed E-state index contributed by atoms with van der Waals surface area (Å²) in [5.74, 6) is 0.838. The Morgan fingerprint density at radius 3 is 2.76 bits per heavy atom. The number of hydrogen-bond acceptors (Lipinski definition) is 5. The van der Waals surface area contributed by atoms with E-state index in [9.17, 15) is 0 Å². The molecule has 3 aromatic rings. The van der Waals surface area contributed by atoms with Gasteiger partial charge < -0.3 is 10.4 Å². The average molecular weight is 299 g/mol. The summed E-state index contributed by atoms with van der Waals surface area (Å²) in [5, 5.41) is 15.4. The maximum Gasteiger partial charge on any atom is 0.138 e. The van der Waals surface area contributed by atoms with Gasteiger partial charge in [-0.15, -0.1) is 11.3 Å². The number of benzene rings is 1. The Hall–Kier alpha value is -1.98.